The van der Waals surface area contributed by atoms with Crippen LogP contribution in [0.3, 0.4) is 0 Å². The second-order valence-corrected chi connectivity index (χ2v) is 8.84. The standard InChI is InChI=1S/C23H17N3O3S/c27-23-19-7-1-2-9-22(19)30(28,29)26(15-16-5-4-11-24-14-16)21(23)13-17-6-3-8-20-18(17)10-12-25-20/h1-14,25H,15H2. The average Bonchev–Trinajstić information content (AvgIpc) is 3.25. The number of benzene rings is 2. The fraction of sp³-hybridized carbons (Fsp3) is 0.0435. The SMILES string of the molecule is O=C1C(=Cc2cccc3[nH]ccc23)N(Cc2cccnc2)S(=O)(=O)c2ccccc21. The van der Waals surface area contributed by atoms with E-state index in [0.29, 0.717) is 5.56 Å². The number of H-pyrrole nitrogens is 1. The van der Waals surface area contributed by atoms with Gasteiger partial charge >= 0.3 is 0 Å². The molecular weight excluding hydrogens is 398 g/mol. The Morgan fingerprint density at radius 3 is 2.70 bits per heavy atom. The molecular formula is C23H17N3O3S. The maximum absolute atomic E-state index is 13.5. The van der Waals surface area contributed by atoms with E-state index in [-0.39, 0.29) is 28.5 Å². The molecule has 0 unspecified atom stereocenters. The molecule has 4 aromatic rings. The van der Waals surface area contributed by atoms with Gasteiger partial charge in [-0.2, -0.15) is 0 Å². The zero-order chi connectivity index (χ0) is 20.7. The number of nitrogens with one attached hydrogen (secondary N) is 1. The van der Waals surface area contributed by atoms with Crippen molar-refractivity contribution in [1.82, 2.24) is 14.3 Å². The molecule has 0 fully saturated rings. The predicted molar refractivity (Wildman–Crippen MR) is 114 cm³/mol. The van der Waals surface area contributed by atoms with Crippen molar-refractivity contribution in [2.24, 2.45) is 0 Å². The molecule has 5 rings (SSSR count). The van der Waals surface area contributed by atoms with Gasteiger partial charge < -0.3 is 4.98 Å². The number of rotatable bonds is 3. The predicted octanol–water partition coefficient (Wildman–Crippen LogP) is 3.99. The number of carbonyl (C=O) groups excluding carboxylic acids is 1. The van der Waals surface area contributed by atoms with Crippen molar-refractivity contribution in [3.05, 3.63) is 102 Å². The Morgan fingerprint density at radius 1 is 1.00 bits per heavy atom. The van der Waals surface area contributed by atoms with Gasteiger partial charge in [0.15, 0.2) is 0 Å². The summed E-state index contributed by atoms with van der Waals surface area (Å²) < 4.78 is 28.1. The first kappa shape index (κ1) is 18.3. The maximum Gasteiger partial charge on any atom is 0.265 e. The van der Waals surface area contributed by atoms with Gasteiger partial charge in [-0.1, -0.05) is 30.3 Å². The zero-order valence-electron chi connectivity index (χ0n) is 15.8. The molecule has 6 nitrogen and oxygen atoms in total. The quantitative estimate of drug-likeness (QED) is 0.513. The van der Waals surface area contributed by atoms with Gasteiger partial charge in [0.1, 0.15) is 5.70 Å². The summed E-state index contributed by atoms with van der Waals surface area (Å²) in [5, 5.41) is 0.912. The van der Waals surface area contributed by atoms with Crippen LogP contribution in [0.25, 0.3) is 17.0 Å². The minimum Gasteiger partial charge on any atom is -0.361 e. The minimum absolute atomic E-state index is 0.0190. The molecule has 30 heavy (non-hydrogen) atoms. The summed E-state index contributed by atoms with van der Waals surface area (Å²) >= 11 is 0. The van der Waals surface area contributed by atoms with Crippen LogP contribution in [0.15, 0.2) is 89.8 Å². The van der Waals surface area contributed by atoms with Gasteiger partial charge in [0.05, 0.1) is 11.4 Å². The monoisotopic (exact) mass is 415 g/mol. The highest BCUT2D eigenvalue weighted by atomic mass is 32.2. The summed E-state index contributed by atoms with van der Waals surface area (Å²) in [6.45, 7) is 0.0190. The molecule has 2 aromatic heterocycles. The lowest BCUT2D eigenvalue weighted by Crippen LogP contribution is -2.38. The lowest BCUT2D eigenvalue weighted by molar-refractivity contribution is 0.100. The number of aromatic nitrogens is 2. The van der Waals surface area contributed by atoms with Crippen LogP contribution in [0.5, 0.6) is 0 Å². The highest BCUT2D eigenvalue weighted by molar-refractivity contribution is 7.89. The van der Waals surface area contributed by atoms with E-state index < -0.39 is 10.0 Å². The Labute approximate surface area is 173 Å². The molecule has 0 bridgehead atoms. The molecule has 0 aliphatic carbocycles. The number of allylic oxidation sites excluding steroid dienone is 1. The van der Waals surface area contributed by atoms with Crippen LogP contribution in [0, 0.1) is 0 Å². The molecule has 1 N–H and O–H groups in total. The van der Waals surface area contributed by atoms with E-state index in [1.165, 1.54) is 10.4 Å². The first-order valence-electron chi connectivity index (χ1n) is 9.39. The molecule has 3 heterocycles. The number of hydrogen-bond acceptors (Lipinski definition) is 4. The van der Waals surface area contributed by atoms with Gasteiger partial charge in [-0.3, -0.25) is 14.1 Å². The number of ketones is 1. The number of pyridine rings is 1. The Balaban J connectivity index is 1.74. The van der Waals surface area contributed by atoms with Gasteiger partial charge in [0.25, 0.3) is 10.0 Å². The van der Waals surface area contributed by atoms with Crippen molar-refractivity contribution in [1.29, 1.82) is 0 Å². The van der Waals surface area contributed by atoms with Crippen molar-refractivity contribution >= 4 is 32.8 Å². The fourth-order valence-electron chi connectivity index (χ4n) is 3.73. The molecule has 0 radical (unpaired) electrons. The maximum atomic E-state index is 13.5. The van der Waals surface area contributed by atoms with Crippen molar-refractivity contribution in [2.45, 2.75) is 11.4 Å². The molecule has 0 spiro atoms. The zero-order valence-corrected chi connectivity index (χ0v) is 16.6. The van der Waals surface area contributed by atoms with Crippen molar-refractivity contribution < 1.29 is 13.2 Å². The number of hydrogen-bond donors (Lipinski definition) is 1. The van der Waals surface area contributed by atoms with Crippen LogP contribution in [0.2, 0.25) is 0 Å². The molecule has 1 aliphatic rings. The van der Waals surface area contributed by atoms with Gasteiger partial charge in [0, 0.05) is 35.1 Å². The summed E-state index contributed by atoms with van der Waals surface area (Å²) in [4.78, 5) is 20.6. The molecule has 0 saturated carbocycles. The van der Waals surface area contributed by atoms with E-state index in [1.54, 1.807) is 48.8 Å². The van der Waals surface area contributed by atoms with Gasteiger partial charge in [-0.15, -0.1) is 0 Å². The summed E-state index contributed by atoms with van der Waals surface area (Å²) in [5.41, 5.74) is 2.68. The molecule has 1 aliphatic heterocycles. The van der Waals surface area contributed by atoms with Gasteiger partial charge in [-0.25, -0.2) is 8.42 Å². The van der Waals surface area contributed by atoms with Crippen LogP contribution >= 0.6 is 0 Å². The first-order valence-corrected chi connectivity index (χ1v) is 10.8. The Kier molecular flexibility index (Phi) is 4.25. The van der Waals surface area contributed by atoms with E-state index in [9.17, 15) is 13.2 Å². The number of nitrogens with zero attached hydrogens (tertiary/aromatic N) is 2. The highest BCUT2D eigenvalue weighted by Crippen LogP contribution is 2.35. The summed E-state index contributed by atoms with van der Waals surface area (Å²) in [7, 11) is -3.91. The van der Waals surface area contributed by atoms with Crippen LogP contribution in [-0.4, -0.2) is 28.5 Å². The largest absolute Gasteiger partial charge is 0.361 e. The normalized spacial score (nSPS) is 16.7. The van der Waals surface area contributed by atoms with E-state index in [4.69, 9.17) is 0 Å². The Morgan fingerprint density at radius 2 is 1.87 bits per heavy atom. The van der Waals surface area contributed by atoms with Crippen LogP contribution in [0.1, 0.15) is 21.5 Å². The third-order valence-corrected chi connectivity index (χ3v) is 6.99. The molecule has 0 saturated heterocycles. The molecule has 0 atom stereocenters. The van der Waals surface area contributed by atoms with E-state index in [0.717, 1.165) is 16.5 Å². The summed E-state index contributed by atoms with van der Waals surface area (Å²) in [6.07, 6.45) is 6.69. The van der Waals surface area contributed by atoms with Crippen molar-refractivity contribution in [3.8, 4) is 0 Å². The van der Waals surface area contributed by atoms with Crippen molar-refractivity contribution in [2.75, 3.05) is 0 Å². The third kappa shape index (κ3) is 2.91. The number of Topliss-reactive ketones (excluding diaryl/α,β-unsaturated/α-hetero) is 1. The highest BCUT2D eigenvalue weighted by Gasteiger charge is 2.39. The molecule has 7 heteroatoms. The first-order chi connectivity index (χ1) is 14.6. The molecule has 2 aromatic carbocycles. The van der Waals surface area contributed by atoms with E-state index >= 15 is 0 Å². The molecule has 148 valence electrons. The third-order valence-electron chi connectivity index (χ3n) is 5.17. The average molecular weight is 415 g/mol. The van der Waals surface area contributed by atoms with Crippen LogP contribution < -0.4 is 0 Å². The minimum atomic E-state index is -3.91. The Hall–Kier alpha value is -3.71. The lowest BCUT2D eigenvalue weighted by atomic mass is 10.0. The van der Waals surface area contributed by atoms with E-state index in [2.05, 4.69) is 9.97 Å². The van der Waals surface area contributed by atoms with Gasteiger partial charge in [-0.05, 0) is 47.5 Å². The molecule has 0 amide bonds. The summed E-state index contributed by atoms with van der Waals surface area (Å²) in [5.74, 6) is -0.322. The number of aromatic amines is 1. The lowest BCUT2D eigenvalue weighted by Gasteiger charge is -2.31. The van der Waals surface area contributed by atoms with Crippen molar-refractivity contribution in [3.63, 3.8) is 0 Å². The number of fused-ring (bicyclic) bond motifs is 2. The van der Waals surface area contributed by atoms with Gasteiger partial charge in [0.2, 0.25) is 5.78 Å². The second kappa shape index (κ2) is 6.96. The van der Waals surface area contributed by atoms with Crippen LogP contribution in [0.4, 0.5) is 0 Å². The number of sulfonamides is 1. The number of carbonyl (C=O) groups is 1. The summed E-state index contributed by atoms with van der Waals surface area (Å²) in [6, 6.07) is 17.4. The second-order valence-electron chi connectivity index (χ2n) is 7.01. The topological polar surface area (TPSA) is 83.1 Å². The smallest absolute Gasteiger partial charge is 0.265 e. The Bertz CT molecular complexity index is 1410. The van der Waals surface area contributed by atoms with E-state index in [1.807, 2.05) is 30.5 Å². The fourth-order valence-corrected chi connectivity index (χ4v) is 5.37. The van der Waals surface area contributed by atoms with Crippen LogP contribution in [-0.2, 0) is 16.6 Å².